The van der Waals surface area contributed by atoms with Gasteiger partial charge in [-0.05, 0) is 25.1 Å². The quantitative estimate of drug-likeness (QED) is 0.562. The minimum atomic E-state index is -0.677. The fraction of sp³-hybridized carbons (Fsp3) is 0.385. The highest BCUT2D eigenvalue weighted by Crippen LogP contribution is 2.34. The zero-order valence-electron chi connectivity index (χ0n) is 20.4. The molecule has 0 radical (unpaired) electrons. The molecule has 2 heterocycles. The zero-order valence-corrected chi connectivity index (χ0v) is 20.4. The molecule has 4 rings (SSSR count). The van der Waals surface area contributed by atoms with E-state index < -0.39 is 12.0 Å². The van der Waals surface area contributed by atoms with Crippen LogP contribution in [0.2, 0.25) is 0 Å². The smallest absolute Gasteiger partial charge is 0.338 e. The third-order valence-corrected chi connectivity index (χ3v) is 6.27. The summed E-state index contributed by atoms with van der Waals surface area (Å²) in [7, 11) is 3.02. The maximum Gasteiger partial charge on any atom is 0.338 e. The molecule has 0 aromatic heterocycles. The lowest BCUT2D eigenvalue weighted by atomic mass is 9.94. The van der Waals surface area contributed by atoms with Gasteiger partial charge in [0.25, 0.3) is 0 Å². The van der Waals surface area contributed by atoms with Crippen molar-refractivity contribution in [3.05, 3.63) is 65.4 Å². The standard InChI is InChI=1S/C26H32N4O5/c1-4-35-21-11-7-5-9-18(21)24-23(25(31)34-3)19(27-26(32)28-24)17-29-13-15-30(16-14-29)20-10-6-8-12-22(20)33-2/h5-12,24H,4,13-17H2,1-3H3,(H2,27,28,32)/t24-/m0/s1. The van der Waals surface area contributed by atoms with Crippen LogP contribution in [0.1, 0.15) is 18.5 Å². The number of amides is 2. The Bertz CT molecular complexity index is 1090. The first-order valence-electron chi connectivity index (χ1n) is 11.8. The monoisotopic (exact) mass is 480 g/mol. The second kappa shape index (κ2) is 11.1. The largest absolute Gasteiger partial charge is 0.495 e. The van der Waals surface area contributed by atoms with Crippen LogP contribution in [0.15, 0.2) is 59.8 Å². The Morgan fingerprint density at radius 1 is 1.00 bits per heavy atom. The number of urea groups is 1. The van der Waals surface area contributed by atoms with Gasteiger partial charge in [0, 0.05) is 44.0 Å². The number of esters is 1. The molecule has 186 valence electrons. The molecule has 1 atom stereocenters. The molecule has 1 saturated heterocycles. The molecule has 2 aromatic rings. The normalized spacial score (nSPS) is 18.5. The van der Waals surface area contributed by atoms with Crippen LogP contribution in [0.25, 0.3) is 0 Å². The number of methoxy groups -OCH3 is 2. The van der Waals surface area contributed by atoms with Crippen molar-refractivity contribution in [3.8, 4) is 11.5 Å². The number of nitrogens with zero attached hydrogens (tertiary/aromatic N) is 2. The third-order valence-electron chi connectivity index (χ3n) is 6.27. The number of hydrogen-bond donors (Lipinski definition) is 2. The summed E-state index contributed by atoms with van der Waals surface area (Å²) < 4.78 is 16.4. The second-order valence-corrected chi connectivity index (χ2v) is 8.32. The Morgan fingerprint density at radius 3 is 2.37 bits per heavy atom. The van der Waals surface area contributed by atoms with Gasteiger partial charge in [-0.15, -0.1) is 0 Å². The van der Waals surface area contributed by atoms with Crippen molar-refractivity contribution in [2.45, 2.75) is 13.0 Å². The number of para-hydroxylation sites is 3. The summed E-state index contributed by atoms with van der Waals surface area (Å²) in [6.45, 7) is 5.90. The first kappa shape index (κ1) is 24.4. The number of carbonyl (C=O) groups is 2. The van der Waals surface area contributed by atoms with E-state index in [2.05, 4.69) is 26.5 Å². The molecule has 1 fully saturated rings. The summed E-state index contributed by atoms with van der Waals surface area (Å²) in [5.74, 6) is 0.975. The fourth-order valence-electron chi connectivity index (χ4n) is 4.59. The lowest BCUT2D eigenvalue weighted by molar-refractivity contribution is -0.136. The average Bonchev–Trinajstić information content (AvgIpc) is 2.89. The molecule has 2 amide bonds. The molecule has 0 saturated carbocycles. The first-order valence-corrected chi connectivity index (χ1v) is 11.8. The minimum absolute atomic E-state index is 0.364. The van der Waals surface area contributed by atoms with Gasteiger partial charge in [0.1, 0.15) is 11.5 Å². The summed E-state index contributed by atoms with van der Waals surface area (Å²) >= 11 is 0. The molecule has 9 nitrogen and oxygen atoms in total. The molecule has 9 heteroatoms. The van der Waals surface area contributed by atoms with Crippen molar-refractivity contribution in [2.75, 3.05) is 58.5 Å². The Hall–Kier alpha value is -3.72. The molecular weight excluding hydrogens is 448 g/mol. The summed E-state index contributed by atoms with van der Waals surface area (Å²) in [4.78, 5) is 30.1. The van der Waals surface area contributed by atoms with E-state index >= 15 is 0 Å². The predicted octanol–water partition coefficient (Wildman–Crippen LogP) is 2.70. The van der Waals surface area contributed by atoms with E-state index in [0.29, 0.717) is 35.7 Å². The van der Waals surface area contributed by atoms with Gasteiger partial charge in [-0.25, -0.2) is 9.59 Å². The topological polar surface area (TPSA) is 92.4 Å². The van der Waals surface area contributed by atoms with Gasteiger partial charge in [-0.2, -0.15) is 0 Å². The number of rotatable bonds is 8. The van der Waals surface area contributed by atoms with E-state index in [0.717, 1.165) is 37.6 Å². The van der Waals surface area contributed by atoms with Gasteiger partial charge in [-0.3, -0.25) is 4.90 Å². The van der Waals surface area contributed by atoms with Crippen LogP contribution in [-0.2, 0) is 9.53 Å². The van der Waals surface area contributed by atoms with E-state index in [1.807, 2.05) is 49.4 Å². The van der Waals surface area contributed by atoms with E-state index in [4.69, 9.17) is 14.2 Å². The molecule has 2 aliphatic heterocycles. The number of carbonyl (C=O) groups excluding carboxylic acids is 2. The molecule has 0 aliphatic carbocycles. The van der Waals surface area contributed by atoms with Crippen molar-refractivity contribution in [2.24, 2.45) is 0 Å². The van der Waals surface area contributed by atoms with Crippen molar-refractivity contribution in [3.63, 3.8) is 0 Å². The number of anilines is 1. The zero-order chi connectivity index (χ0) is 24.8. The summed E-state index contributed by atoms with van der Waals surface area (Å²) in [6, 6.07) is 14.3. The van der Waals surface area contributed by atoms with Gasteiger partial charge in [0.05, 0.1) is 38.1 Å². The molecule has 0 unspecified atom stereocenters. The highest BCUT2D eigenvalue weighted by molar-refractivity contribution is 5.95. The minimum Gasteiger partial charge on any atom is -0.495 e. The summed E-state index contributed by atoms with van der Waals surface area (Å²) in [6.07, 6.45) is 0. The number of piperazine rings is 1. The second-order valence-electron chi connectivity index (χ2n) is 8.32. The molecule has 35 heavy (non-hydrogen) atoms. The maximum absolute atomic E-state index is 12.9. The van der Waals surface area contributed by atoms with Gasteiger partial charge in [0.2, 0.25) is 0 Å². The Balaban J connectivity index is 1.57. The molecule has 2 aromatic carbocycles. The van der Waals surface area contributed by atoms with Gasteiger partial charge in [0.15, 0.2) is 0 Å². The molecule has 0 spiro atoms. The molecule has 0 bridgehead atoms. The SMILES string of the molecule is CCOc1ccccc1[C@@H]1NC(=O)NC(CN2CCN(c3ccccc3OC)CC2)=C1C(=O)OC. The highest BCUT2D eigenvalue weighted by atomic mass is 16.5. The number of nitrogens with one attached hydrogen (secondary N) is 2. The lowest BCUT2D eigenvalue weighted by Gasteiger charge is -2.38. The van der Waals surface area contributed by atoms with E-state index in [9.17, 15) is 9.59 Å². The van der Waals surface area contributed by atoms with Crippen molar-refractivity contribution in [1.29, 1.82) is 0 Å². The van der Waals surface area contributed by atoms with Gasteiger partial charge in [-0.1, -0.05) is 30.3 Å². The fourth-order valence-corrected chi connectivity index (χ4v) is 4.59. The first-order chi connectivity index (χ1) is 17.0. The molecule has 2 aliphatic rings. The molecule has 2 N–H and O–H groups in total. The Kier molecular flexibility index (Phi) is 7.77. The summed E-state index contributed by atoms with van der Waals surface area (Å²) in [5, 5.41) is 5.73. The Morgan fingerprint density at radius 2 is 1.69 bits per heavy atom. The van der Waals surface area contributed by atoms with E-state index in [-0.39, 0.29) is 6.03 Å². The van der Waals surface area contributed by atoms with Crippen molar-refractivity contribution in [1.82, 2.24) is 15.5 Å². The number of ether oxygens (including phenoxy) is 3. The van der Waals surface area contributed by atoms with Gasteiger partial charge >= 0.3 is 12.0 Å². The number of benzene rings is 2. The van der Waals surface area contributed by atoms with Crippen LogP contribution in [0.5, 0.6) is 11.5 Å². The van der Waals surface area contributed by atoms with Crippen LogP contribution in [0, 0.1) is 0 Å². The summed E-state index contributed by atoms with van der Waals surface area (Å²) in [5.41, 5.74) is 2.70. The van der Waals surface area contributed by atoms with Crippen LogP contribution in [0.3, 0.4) is 0 Å². The third kappa shape index (κ3) is 5.35. The molecular formula is C26H32N4O5. The van der Waals surface area contributed by atoms with Crippen LogP contribution >= 0.6 is 0 Å². The predicted molar refractivity (Wildman–Crippen MR) is 133 cm³/mol. The van der Waals surface area contributed by atoms with E-state index in [1.54, 1.807) is 7.11 Å². The van der Waals surface area contributed by atoms with E-state index in [1.165, 1.54) is 7.11 Å². The number of hydrogen-bond acceptors (Lipinski definition) is 7. The average molecular weight is 481 g/mol. The van der Waals surface area contributed by atoms with Crippen molar-refractivity contribution >= 4 is 17.7 Å². The highest BCUT2D eigenvalue weighted by Gasteiger charge is 2.36. The van der Waals surface area contributed by atoms with Crippen LogP contribution < -0.4 is 25.0 Å². The van der Waals surface area contributed by atoms with Crippen molar-refractivity contribution < 1.29 is 23.8 Å². The Labute approximate surface area is 205 Å². The lowest BCUT2D eigenvalue weighted by Crippen LogP contribution is -2.51. The van der Waals surface area contributed by atoms with Gasteiger partial charge < -0.3 is 29.7 Å². The van der Waals surface area contributed by atoms with Crippen LogP contribution in [0.4, 0.5) is 10.5 Å². The maximum atomic E-state index is 12.9. The van der Waals surface area contributed by atoms with Crippen LogP contribution in [-0.4, -0.2) is 70.5 Å².